The first-order valence-electron chi connectivity index (χ1n) is 6.78. The van der Waals surface area contributed by atoms with Crippen LogP contribution in [0.1, 0.15) is 28.5 Å². The quantitative estimate of drug-likeness (QED) is 0.367. The Kier molecular flexibility index (Phi) is 4.42. The Bertz CT molecular complexity index is 696. The van der Waals surface area contributed by atoms with Crippen LogP contribution in [-0.4, -0.2) is 10.7 Å². The van der Waals surface area contributed by atoms with E-state index in [9.17, 15) is 14.9 Å². The maximum atomic E-state index is 12.3. The number of nitro benzene ring substituents is 1. The van der Waals surface area contributed by atoms with Gasteiger partial charge in [-0.15, -0.1) is 0 Å². The number of carbonyl (C=O) groups is 1. The lowest BCUT2D eigenvalue weighted by atomic mass is 10.1. The molecular formula is C16H17N2O3+. The van der Waals surface area contributed by atoms with E-state index in [0.29, 0.717) is 5.56 Å². The van der Waals surface area contributed by atoms with Crippen molar-refractivity contribution in [3.63, 3.8) is 0 Å². The molecule has 0 spiro atoms. The van der Waals surface area contributed by atoms with Crippen LogP contribution in [0.25, 0.3) is 0 Å². The van der Waals surface area contributed by atoms with Gasteiger partial charge in [0.25, 0.3) is 5.69 Å². The van der Waals surface area contributed by atoms with E-state index in [1.807, 2.05) is 29.8 Å². The van der Waals surface area contributed by atoms with Crippen molar-refractivity contribution in [2.75, 3.05) is 0 Å². The van der Waals surface area contributed by atoms with Crippen LogP contribution in [0.2, 0.25) is 0 Å². The second-order valence-electron chi connectivity index (χ2n) is 4.89. The van der Waals surface area contributed by atoms with Crippen LogP contribution in [0.5, 0.6) is 0 Å². The Balaban J connectivity index is 2.25. The van der Waals surface area contributed by atoms with Gasteiger partial charge in [0.2, 0.25) is 12.3 Å². The molecule has 0 radical (unpaired) electrons. The van der Waals surface area contributed by atoms with Crippen molar-refractivity contribution >= 4 is 11.5 Å². The second-order valence-corrected chi connectivity index (χ2v) is 4.89. The van der Waals surface area contributed by atoms with Gasteiger partial charge in [0.15, 0.2) is 11.9 Å². The highest BCUT2D eigenvalue weighted by Crippen LogP contribution is 2.13. The third-order valence-corrected chi connectivity index (χ3v) is 3.41. The number of non-ortho nitro benzene ring substituents is 1. The molecule has 0 amide bonds. The molecule has 1 aromatic heterocycles. The van der Waals surface area contributed by atoms with Gasteiger partial charge in [-0.2, -0.15) is 4.57 Å². The lowest BCUT2D eigenvalue weighted by Crippen LogP contribution is -2.41. The standard InChI is InChI=1S/C16H17N2O3/c1-3-13-8-7-12(2)17(10-13)11-16(19)14-5-4-6-15(9-14)18(20)21/h4-10H,3,11H2,1-2H3/q+1. The van der Waals surface area contributed by atoms with Crippen LogP contribution in [0.4, 0.5) is 5.69 Å². The average molecular weight is 285 g/mol. The van der Waals surface area contributed by atoms with Gasteiger partial charge in [0.1, 0.15) is 0 Å². The first-order chi connectivity index (χ1) is 10.0. The molecule has 0 atom stereocenters. The van der Waals surface area contributed by atoms with Crippen molar-refractivity contribution in [2.24, 2.45) is 0 Å². The minimum Gasteiger partial charge on any atom is -0.287 e. The van der Waals surface area contributed by atoms with Gasteiger partial charge < -0.3 is 0 Å². The van der Waals surface area contributed by atoms with Crippen molar-refractivity contribution in [1.82, 2.24) is 0 Å². The number of hydrogen-bond acceptors (Lipinski definition) is 3. The minimum absolute atomic E-state index is 0.0649. The summed E-state index contributed by atoms with van der Waals surface area (Å²) in [5.74, 6) is -0.139. The number of carbonyl (C=O) groups excluding carboxylic acids is 1. The van der Waals surface area contributed by atoms with Gasteiger partial charge in [-0.05, 0) is 12.5 Å². The molecule has 1 heterocycles. The van der Waals surface area contributed by atoms with Gasteiger partial charge in [-0.1, -0.05) is 19.1 Å². The van der Waals surface area contributed by atoms with E-state index in [-0.39, 0.29) is 18.0 Å². The predicted octanol–water partition coefficient (Wildman–Crippen LogP) is 2.64. The minimum atomic E-state index is -0.493. The van der Waals surface area contributed by atoms with Crippen LogP contribution >= 0.6 is 0 Å². The van der Waals surface area contributed by atoms with Crippen LogP contribution in [0.15, 0.2) is 42.6 Å². The maximum Gasteiger partial charge on any atom is 0.270 e. The molecule has 0 fully saturated rings. The van der Waals surface area contributed by atoms with Crippen LogP contribution in [0, 0.1) is 17.0 Å². The summed E-state index contributed by atoms with van der Waals surface area (Å²) >= 11 is 0. The van der Waals surface area contributed by atoms with E-state index in [2.05, 4.69) is 6.92 Å². The number of aromatic nitrogens is 1. The summed E-state index contributed by atoms with van der Waals surface area (Å²) in [6, 6.07) is 9.85. The number of hydrogen-bond donors (Lipinski definition) is 0. The Hall–Kier alpha value is -2.56. The molecule has 0 N–H and O–H groups in total. The van der Waals surface area contributed by atoms with E-state index < -0.39 is 4.92 Å². The summed E-state index contributed by atoms with van der Waals surface area (Å²) in [5.41, 5.74) is 2.42. The third kappa shape index (κ3) is 3.51. The highest BCUT2D eigenvalue weighted by atomic mass is 16.6. The fourth-order valence-electron chi connectivity index (χ4n) is 2.09. The van der Waals surface area contributed by atoms with Gasteiger partial charge in [-0.25, -0.2) is 0 Å². The Labute approximate surface area is 123 Å². The molecule has 0 bridgehead atoms. The zero-order valence-corrected chi connectivity index (χ0v) is 12.1. The second kappa shape index (κ2) is 6.26. The molecule has 0 saturated heterocycles. The van der Waals surface area contributed by atoms with E-state index in [0.717, 1.165) is 17.7 Å². The van der Waals surface area contributed by atoms with Crippen LogP contribution in [-0.2, 0) is 13.0 Å². The van der Waals surface area contributed by atoms with Crippen molar-refractivity contribution in [2.45, 2.75) is 26.8 Å². The molecule has 0 saturated carbocycles. The fraction of sp³-hybridized carbons (Fsp3) is 0.250. The summed E-state index contributed by atoms with van der Waals surface area (Å²) in [5, 5.41) is 10.8. The predicted molar refractivity (Wildman–Crippen MR) is 78.2 cm³/mol. The molecule has 5 nitrogen and oxygen atoms in total. The summed E-state index contributed by atoms with van der Waals surface area (Å²) in [4.78, 5) is 22.6. The normalized spacial score (nSPS) is 10.4. The molecule has 2 aromatic rings. The molecule has 0 aliphatic rings. The average Bonchev–Trinajstić information content (AvgIpc) is 2.49. The molecule has 0 unspecified atom stereocenters. The molecule has 0 aliphatic carbocycles. The molecule has 21 heavy (non-hydrogen) atoms. The molecule has 108 valence electrons. The first-order valence-corrected chi connectivity index (χ1v) is 6.78. The SMILES string of the molecule is CCc1ccc(C)[n+](CC(=O)c2cccc([N+](=O)[O-])c2)c1. The van der Waals surface area contributed by atoms with Crippen LogP contribution in [0.3, 0.4) is 0 Å². The molecule has 2 rings (SSSR count). The van der Waals surface area contributed by atoms with Crippen molar-refractivity contribution < 1.29 is 14.3 Å². The monoisotopic (exact) mass is 285 g/mol. The number of aryl methyl sites for hydroxylation is 2. The summed E-state index contributed by atoms with van der Waals surface area (Å²) < 4.78 is 1.88. The zero-order chi connectivity index (χ0) is 15.4. The lowest BCUT2D eigenvalue weighted by Gasteiger charge is -2.03. The number of nitrogens with zero attached hydrogens (tertiary/aromatic N) is 2. The van der Waals surface area contributed by atoms with Crippen molar-refractivity contribution in [3.05, 3.63) is 69.5 Å². The number of Topliss-reactive ketones (excluding diaryl/α,β-unsaturated/α-hetero) is 1. The van der Waals surface area contributed by atoms with Gasteiger partial charge in [0, 0.05) is 36.2 Å². The van der Waals surface area contributed by atoms with Gasteiger partial charge in [-0.3, -0.25) is 14.9 Å². The van der Waals surface area contributed by atoms with E-state index >= 15 is 0 Å². The topological polar surface area (TPSA) is 64.1 Å². The highest BCUT2D eigenvalue weighted by Gasteiger charge is 2.17. The number of rotatable bonds is 5. The largest absolute Gasteiger partial charge is 0.287 e. The first kappa shape index (κ1) is 14.8. The highest BCUT2D eigenvalue weighted by molar-refractivity contribution is 5.95. The van der Waals surface area contributed by atoms with E-state index in [4.69, 9.17) is 0 Å². The Morgan fingerprint density at radius 3 is 2.71 bits per heavy atom. The molecule has 0 aliphatic heterocycles. The number of nitro groups is 1. The fourth-order valence-corrected chi connectivity index (χ4v) is 2.09. The zero-order valence-electron chi connectivity index (χ0n) is 12.1. The van der Waals surface area contributed by atoms with Crippen LogP contribution < -0.4 is 4.57 Å². The maximum absolute atomic E-state index is 12.3. The molecule has 1 aromatic carbocycles. The lowest BCUT2D eigenvalue weighted by molar-refractivity contribution is -0.689. The van der Waals surface area contributed by atoms with Gasteiger partial charge >= 0.3 is 0 Å². The third-order valence-electron chi connectivity index (χ3n) is 3.41. The summed E-state index contributed by atoms with van der Waals surface area (Å²) in [6.07, 6.45) is 2.84. The summed E-state index contributed by atoms with van der Waals surface area (Å²) in [6.45, 7) is 4.17. The van der Waals surface area contributed by atoms with Crippen molar-refractivity contribution in [3.8, 4) is 0 Å². The Morgan fingerprint density at radius 2 is 2.05 bits per heavy atom. The van der Waals surface area contributed by atoms with E-state index in [1.165, 1.54) is 18.2 Å². The van der Waals surface area contributed by atoms with Gasteiger partial charge in [0.05, 0.1) is 4.92 Å². The number of benzene rings is 1. The summed E-state index contributed by atoms with van der Waals surface area (Å²) in [7, 11) is 0. The molecule has 5 heteroatoms. The Morgan fingerprint density at radius 1 is 1.29 bits per heavy atom. The van der Waals surface area contributed by atoms with E-state index in [1.54, 1.807) is 6.07 Å². The van der Waals surface area contributed by atoms with Crippen molar-refractivity contribution in [1.29, 1.82) is 0 Å². The smallest absolute Gasteiger partial charge is 0.270 e. The number of pyridine rings is 1. The number of ketones is 1. The molecular weight excluding hydrogens is 268 g/mol.